The molecule has 98 valence electrons. The summed E-state index contributed by atoms with van der Waals surface area (Å²) in [5.41, 5.74) is 1.20. The maximum atomic E-state index is 10.5. The van der Waals surface area contributed by atoms with E-state index in [1.165, 1.54) is 24.5 Å². The topological polar surface area (TPSA) is 68.3 Å². The van der Waals surface area contributed by atoms with Crippen LogP contribution in [0.3, 0.4) is 0 Å². The predicted octanol–water partition coefficient (Wildman–Crippen LogP) is 2.98. The van der Waals surface area contributed by atoms with Crippen LogP contribution in [0.25, 0.3) is 6.08 Å². The molecule has 0 aromatic carbocycles. The second kappa shape index (κ2) is 5.35. The van der Waals surface area contributed by atoms with Crippen molar-refractivity contribution in [1.29, 1.82) is 0 Å². The van der Waals surface area contributed by atoms with E-state index >= 15 is 0 Å². The van der Waals surface area contributed by atoms with Crippen LogP contribution >= 0.6 is 0 Å². The molecule has 0 aliphatic heterocycles. The van der Waals surface area contributed by atoms with Gasteiger partial charge in [-0.2, -0.15) is 0 Å². The molecule has 1 N–H and O–H groups in total. The second-order valence-electron chi connectivity index (χ2n) is 4.96. The third-order valence-corrected chi connectivity index (χ3v) is 3.03. The van der Waals surface area contributed by atoms with Crippen molar-refractivity contribution in [2.45, 2.75) is 32.7 Å². The Kier molecular flexibility index (Phi) is 3.81. The van der Waals surface area contributed by atoms with Crippen LogP contribution in [0.4, 0.5) is 5.88 Å². The fraction of sp³-hybridized carbons (Fsp3) is 0.538. The molecular formula is C13H18N2O3. The fourth-order valence-corrected chi connectivity index (χ4v) is 1.67. The first-order valence-electron chi connectivity index (χ1n) is 6.24. The summed E-state index contributed by atoms with van der Waals surface area (Å²) in [6.45, 7) is 5.03. The molecule has 1 heterocycles. The van der Waals surface area contributed by atoms with Gasteiger partial charge in [0.05, 0.1) is 6.07 Å². The first-order chi connectivity index (χ1) is 8.56. The normalized spacial score (nSPS) is 16.3. The summed E-state index contributed by atoms with van der Waals surface area (Å²) in [4.78, 5) is 10.0. The summed E-state index contributed by atoms with van der Waals surface area (Å²) in [5, 5.41) is 14.0. The van der Waals surface area contributed by atoms with Crippen molar-refractivity contribution < 1.29 is 9.34 Å². The molecule has 1 fully saturated rings. The minimum Gasteiger partial charge on any atom is -0.401 e. The van der Waals surface area contributed by atoms with Gasteiger partial charge in [-0.25, -0.2) is 0 Å². The lowest BCUT2D eigenvalue weighted by atomic mass is 10.0. The molecule has 1 saturated carbocycles. The van der Waals surface area contributed by atoms with Crippen LogP contribution in [0.1, 0.15) is 32.4 Å². The SMILES string of the molecule is CC(C)C(=Cc1ccc([N+](=O)[O-])o1)CNC1CC1. The molecule has 1 aliphatic carbocycles. The van der Waals surface area contributed by atoms with Crippen molar-refractivity contribution in [1.82, 2.24) is 5.32 Å². The molecule has 0 unspecified atom stereocenters. The standard InChI is InChI=1S/C13H18N2O3/c1-9(2)10(8-14-11-3-4-11)7-12-5-6-13(18-12)15(16)17/h5-7,9,11,14H,3-4,8H2,1-2H3. The summed E-state index contributed by atoms with van der Waals surface area (Å²) in [6.07, 6.45) is 4.39. The van der Waals surface area contributed by atoms with Crippen molar-refractivity contribution >= 4 is 12.0 Å². The Labute approximate surface area is 106 Å². The molecule has 0 radical (unpaired) electrons. The molecule has 0 bridgehead atoms. The number of hydrogen-bond donors (Lipinski definition) is 1. The van der Waals surface area contributed by atoms with Crippen LogP contribution in [0.5, 0.6) is 0 Å². The minimum absolute atomic E-state index is 0.209. The van der Waals surface area contributed by atoms with E-state index < -0.39 is 4.92 Å². The third kappa shape index (κ3) is 3.43. The maximum absolute atomic E-state index is 10.5. The highest BCUT2D eigenvalue weighted by molar-refractivity contribution is 5.50. The van der Waals surface area contributed by atoms with Crippen molar-refractivity contribution in [2.75, 3.05) is 6.54 Å². The van der Waals surface area contributed by atoms with Crippen LogP contribution in [0, 0.1) is 16.0 Å². The molecule has 1 aliphatic rings. The summed E-state index contributed by atoms with van der Waals surface area (Å²) < 4.78 is 5.14. The second-order valence-corrected chi connectivity index (χ2v) is 4.96. The van der Waals surface area contributed by atoms with Gasteiger partial charge in [0, 0.05) is 12.6 Å². The predicted molar refractivity (Wildman–Crippen MR) is 69.2 cm³/mol. The lowest BCUT2D eigenvalue weighted by Crippen LogP contribution is -2.21. The Bertz CT molecular complexity index is 459. The monoisotopic (exact) mass is 250 g/mol. The molecule has 0 spiro atoms. The van der Waals surface area contributed by atoms with Crippen molar-refractivity contribution in [2.24, 2.45) is 5.92 Å². The molecule has 18 heavy (non-hydrogen) atoms. The Morgan fingerprint density at radius 2 is 2.33 bits per heavy atom. The number of nitrogens with zero attached hydrogens (tertiary/aromatic N) is 1. The average Bonchev–Trinajstić information content (AvgIpc) is 3.01. The van der Waals surface area contributed by atoms with Gasteiger partial charge in [-0.3, -0.25) is 10.1 Å². The van der Waals surface area contributed by atoms with E-state index in [1.807, 2.05) is 6.08 Å². The highest BCUT2D eigenvalue weighted by Gasteiger charge is 2.21. The van der Waals surface area contributed by atoms with E-state index in [4.69, 9.17) is 4.42 Å². The number of furan rings is 1. The number of nitro groups is 1. The van der Waals surface area contributed by atoms with Crippen molar-refractivity contribution in [3.63, 3.8) is 0 Å². The Balaban J connectivity index is 2.06. The van der Waals surface area contributed by atoms with E-state index in [0.717, 1.165) is 6.54 Å². The maximum Gasteiger partial charge on any atom is 0.433 e. The van der Waals surface area contributed by atoms with Gasteiger partial charge in [0.15, 0.2) is 0 Å². The fourth-order valence-electron chi connectivity index (χ4n) is 1.67. The molecular weight excluding hydrogens is 232 g/mol. The molecule has 5 heteroatoms. The van der Waals surface area contributed by atoms with E-state index in [2.05, 4.69) is 19.2 Å². The van der Waals surface area contributed by atoms with Gasteiger partial charge in [0.2, 0.25) is 0 Å². The third-order valence-electron chi connectivity index (χ3n) is 3.03. The summed E-state index contributed by atoms with van der Waals surface area (Å²) >= 11 is 0. The number of hydrogen-bond acceptors (Lipinski definition) is 4. The Morgan fingerprint density at radius 1 is 1.61 bits per heavy atom. The van der Waals surface area contributed by atoms with Crippen molar-refractivity contribution in [3.8, 4) is 0 Å². The summed E-state index contributed by atoms with van der Waals surface area (Å²) in [7, 11) is 0. The Hall–Kier alpha value is -1.62. The minimum atomic E-state index is -0.519. The zero-order valence-corrected chi connectivity index (χ0v) is 10.7. The van der Waals surface area contributed by atoms with E-state index in [-0.39, 0.29) is 5.88 Å². The van der Waals surface area contributed by atoms with Crippen LogP contribution in [-0.4, -0.2) is 17.5 Å². The van der Waals surface area contributed by atoms with E-state index in [9.17, 15) is 10.1 Å². The van der Waals surface area contributed by atoms with Crippen LogP contribution in [0.15, 0.2) is 22.1 Å². The number of nitrogens with one attached hydrogen (secondary N) is 1. The lowest BCUT2D eigenvalue weighted by molar-refractivity contribution is -0.402. The largest absolute Gasteiger partial charge is 0.433 e. The molecule has 1 aromatic rings. The number of rotatable bonds is 6. The zero-order chi connectivity index (χ0) is 13.1. The molecule has 0 atom stereocenters. The first-order valence-corrected chi connectivity index (χ1v) is 6.24. The summed E-state index contributed by atoms with van der Waals surface area (Å²) in [6, 6.07) is 3.67. The molecule has 2 rings (SSSR count). The van der Waals surface area contributed by atoms with Gasteiger partial charge < -0.3 is 9.73 Å². The quantitative estimate of drug-likeness (QED) is 0.622. The molecule has 1 aromatic heterocycles. The van der Waals surface area contributed by atoms with Crippen LogP contribution in [0.2, 0.25) is 0 Å². The van der Waals surface area contributed by atoms with Gasteiger partial charge in [-0.1, -0.05) is 19.4 Å². The highest BCUT2D eigenvalue weighted by Crippen LogP contribution is 2.22. The van der Waals surface area contributed by atoms with Gasteiger partial charge in [-0.05, 0) is 30.9 Å². The molecule has 0 saturated heterocycles. The van der Waals surface area contributed by atoms with Gasteiger partial charge >= 0.3 is 5.88 Å². The van der Waals surface area contributed by atoms with Crippen LogP contribution in [-0.2, 0) is 0 Å². The molecule has 5 nitrogen and oxygen atoms in total. The first kappa shape index (κ1) is 12.8. The van der Waals surface area contributed by atoms with Crippen LogP contribution < -0.4 is 5.32 Å². The average molecular weight is 250 g/mol. The smallest absolute Gasteiger partial charge is 0.401 e. The Morgan fingerprint density at radius 3 is 2.83 bits per heavy atom. The highest BCUT2D eigenvalue weighted by atomic mass is 16.6. The van der Waals surface area contributed by atoms with Gasteiger partial charge in [0.25, 0.3) is 0 Å². The van der Waals surface area contributed by atoms with E-state index in [1.54, 1.807) is 6.07 Å². The zero-order valence-electron chi connectivity index (χ0n) is 10.7. The van der Waals surface area contributed by atoms with E-state index in [0.29, 0.717) is 17.7 Å². The van der Waals surface area contributed by atoms with Crippen molar-refractivity contribution in [3.05, 3.63) is 33.6 Å². The van der Waals surface area contributed by atoms with Gasteiger partial charge in [-0.15, -0.1) is 0 Å². The molecule has 0 amide bonds. The summed E-state index contributed by atoms with van der Waals surface area (Å²) in [5.74, 6) is 0.725. The lowest BCUT2D eigenvalue weighted by Gasteiger charge is -2.11. The van der Waals surface area contributed by atoms with Gasteiger partial charge in [0.1, 0.15) is 10.7 Å².